The molecule has 1 saturated heterocycles. The van der Waals surface area contributed by atoms with Crippen molar-refractivity contribution in [1.29, 1.82) is 0 Å². The number of amides is 1. The molecule has 0 aromatic rings. The van der Waals surface area contributed by atoms with E-state index < -0.39 is 0 Å². The van der Waals surface area contributed by atoms with Crippen LogP contribution in [0, 0.1) is 0 Å². The number of nitrogens with zero attached hydrogens (tertiary/aromatic N) is 2. The zero-order valence-corrected chi connectivity index (χ0v) is 10.7. The lowest BCUT2D eigenvalue weighted by molar-refractivity contribution is -0.121. The van der Waals surface area contributed by atoms with Gasteiger partial charge in [-0.05, 0) is 26.4 Å². The van der Waals surface area contributed by atoms with Crippen molar-refractivity contribution in [2.24, 2.45) is 0 Å². The lowest BCUT2D eigenvalue weighted by atomic mass is 10.3. The van der Waals surface area contributed by atoms with Gasteiger partial charge in [-0.15, -0.1) is 0 Å². The number of likely N-dealkylation sites (N-methyl/N-ethyl adjacent to an activating group) is 1. The molecule has 1 rings (SSSR count). The largest absolute Gasteiger partial charge is 0.356 e. The minimum Gasteiger partial charge on any atom is -0.356 e. The van der Waals surface area contributed by atoms with Gasteiger partial charge in [0.1, 0.15) is 0 Å². The Morgan fingerprint density at radius 3 is 2.56 bits per heavy atom. The van der Waals surface area contributed by atoms with E-state index in [-0.39, 0.29) is 5.91 Å². The van der Waals surface area contributed by atoms with Crippen LogP contribution in [0.5, 0.6) is 0 Å². The molecule has 1 fully saturated rings. The van der Waals surface area contributed by atoms with Gasteiger partial charge in [0.2, 0.25) is 5.91 Å². The van der Waals surface area contributed by atoms with Gasteiger partial charge in [-0.2, -0.15) is 0 Å². The maximum atomic E-state index is 11.2. The van der Waals surface area contributed by atoms with Crippen molar-refractivity contribution in [2.45, 2.75) is 26.2 Å². The monoisotopic (exact) mass is 227 g/mol. The number of piperazine rings is 1. The van der Waals surface area contributed by atoms with Crippen molar-refractivity contribution >= 4 is 5.91 Å². The Morgan fingerprint density at radius 1 is 1.25 bits per heavy atom. The van der Waals surface area contributed by atoms with E-state index in [0.29, 0.717) is 6.42 Å². The van der Waals surface area contributed by atoms with E-state index in [2.05, 4.69) is 22.2 Å². The standard InChI is InChI=1S/C12H25N3O/c1-3-5-12(16)13-6-4-7-15-10-8-14(2)9-11-15/h3-11H2,1-2H3,(H,13,16). The fraction of sp³-hybridized carbons (Fsp3) is 0.917. The van der Waals surface area contributed by atoms with Crippen LogP contribution in [0.4, 0.5) is 0 Å². The molecule has 0 unspecified atom stereocenters. The lowest BCUT2D eigenvalue weighted by Crippen LogP contribution is -2.45. The van der Waals surface area contributed by atoms with Crippen molar-refractivity contribution < 1.29 is 4.79 Å². The van der Waals surface area contributed by atoms with Gasteiger partial charge in [0.15, 0.2) is 0 Å². The molecule has 0 radical (unpaired) electrons. The Hall–Kier alpha value is -0.610. The molecule has 16 heavy (non-hydrogen) atoms. The van der Waals surface area contributed by atoms with Crippen molar-refractivity contribution in [2.75, 3.05) is 46.3 Å². The second-order valence-electron chi connectivity index (χ2n) is 4.60. The first kappa shape index (κ1) is 13.5. The van der Waals surface area contributed by atoms with Crippen LogP contribution in [0.25, 0.3) is 0 Å². The maximum Gasteiger partial charge on any atom is 0.219 e. The summed E-state index contributed by atoms with van der Waals surface area (Å²) in [5.41, 5.74) is 0. The molecular weight excluding hydrogens is 202 g/mol. The number of hydrogen-bond donors (Lipinski definition) is 1. The summed E-state index contributed by atoms with van der Waals surface area (Å²) in [6.07, 6.45) is 2.66. The molecule has 0 aromatic carbocycles. The number of hydrogen-bond acceptors (Lipinski definition) is 3. The van der Waals surface area contributed by atoms with E-state index in [0.717, 1.165) is 25.9 Å². The molecule has 0 spiro atoms. The van der Waals surface area contributed by atoms with Crippen LogP contribution in [0.15, 0.2) is 0 Å². The SMILES string of the molecule is CCCC(=O)NCCCN1CCN(C)CC1. The van der Waals surface area contributed by atoms with Gasteiger partial charge in [-0.3, -0.25) is 4.79 Å². The molecule has 1 amide bonds. The van der Waals surface area contributed by atoms with Crippen LogP contribution in [0.1, 0.15) is 26.2 Å². The average molecular weight is 227 g/mol. The molecular formula is C12H25N3O. The van der Waals surface area contributed by atoms with E-state index >= 15 is 0 Å². The summed E-state index contributed by atoms with van der Waals surface area (Å²) in [4.78, 5) is 16.0. The Morgan fingerprint density at radius 2 is 1.94 bits per heavy atom. The molecule has 4 heteroatoms. The Balaban J connectivity index is 1.97. The number of nitrogens with one attached hydrogen (secondary N) is 1. The molecule has 1 heterocycles. The summed E-state index contributed by atoms with van der Waals surface area (Å²) in [7, 11) is 2.17. The summed E-state index contributed by atoms with van der Waals surface area (Å²) < 4.78 is 0. The van der Waals surface area contributed by atoms with Crippen LogP contribution >= 0.6 is 0 Å². The third-order valence-electron chi connectivity index (χ3n) is 3.05. The maximum absolute atomic E-state index is 11.2. The van der Waals surface area contributed by atoms with Gasteiger partial charge >= 0.3 is 0 Å². The van der Waals surface area contributed by atoms with Gasteiger partial charge < -0.3 is 15.1 Å². The zero-order valence-electron chi connectivity index (χ0n) is 10.7. The molecule has 0 atom stereocenters. The number of rotatable bonds is 6. The summed E-state index contributed by atoms with van der Waals surface area (Å²) in [6.45, 7) is 8.64. The first-order valence-electron chi connectivity index (χ1n) is 6.40. The van der Waals surface area contributed by atoms with E-state index in [1.165, 1.54) is 26.2 Å². The van der Waals surface area contributed by atoms with E-state index in [4.69, 9.17) is 0 Å². The summed E-state index contributed by atoms with van der Waals surface area (Å²) >= 11 is 0. The first-order chi connectivity index (χ1) is 7.72. The minimum atomic E-state index is 0.195. The van der Waals surface area contributed by atoms with Crippen molar-refractivity contribution in [3.8, 4) is 0 Å². The van der Waals surface area contributed by atoms with Crippen LogP contribution in [0.2, 0.25) is 0 Å². The highest BCUT2D eigenvalue weighted by Gasteiger charge is 2.12. The topological polar surface area (TPSA) is 35.6 Å². The quantitative estimate of drug-likeness (QED) is 0.673. The highest BCUT2D eigenvalue weighted by molar-refractivity contribution is 5.75. The molecule has 4 nitrogen and oxygen atoms in total. The first-order valence-corrected chi connectivity index (χ1v) is 6.40. The van der Waals surface area contributed by atoms with E-state index in [9.17, 15) is 4.79 Å². The predicted molar refractivity (Wildman–Crippen MR) is 66.5 cm³/mol. The van der Waals surface area contributed by atoms with Gasteiger partial charge in [0, 0.05) is 39.1 Å². The van der Waals surface area contributed by atoms with Crippen LogP contribution in [-0.2, 0) is 4.79 Å². The van der Waals surface area contributed by atoms with Crippen LogP contribution in [0.3, 0.4) is 0 Å². The fourth-order valence-electron chi connectivity index (χ4n) is 1.92. The molecule has 1 aliphatic heterocycles. The summed E-state index contributed by atoms with van der Waals surface area (Å²) in [6, 6.07) is 0. The zero-order chi connectivity index (χ0) is 11.8. The van der Waals surface area contributed by atoms with E-state index in [1.807, 2.05) is 6.92 Å². The van der Waals surface area contributed by atoms with Gasteiger partial charge in [0.25, 0.3) is 0 Å². The second-order valence-corrected chi connectivity index (χ2v) is 4.60. The van der Waals surface area contributed by atoms with Crippen molar-refractivity contribution in [3.05, 3.63) is 0 Å². The molecule has 0 saturated carbocycles. The lowest BCUT2D eigenvalue weighted by Gasteiger charge is -2.32. The van der Waals surface area contributed by atoms with Gasteiger partial charge in [-0.25, -0.2) is 0 Å². The van der Waals surface area contributed by atoms with Crippen molar-refractivity contribution in [3.63, 3.8) is 0 Å². The molecule has 0 bridgehead atoms. The van der Waals surface area contributed by atoms with Gasteiger partial charge in [0.05, 0.1) is 0 Å². The highest BCUT2D eigenvalue weighted by atomic mass is 16.1. The fourth-order valence-corrected chi connectivity index (χ4v) is 1.92. The van der Waals surface area contributed by atoms with E-state index in [1.54, 1.807) is 0 Å². The molecule has 0 aromatic heterocycles. The Bertz CT molecular complexity index is 200. The summed E-state index contributed by atoms with van der Waals surface area (Å²) in [5, 5.41) is 2.96. The second kappa shape index (κ2) is 7.63. The van der Waals surface area contributed by atoms with Gasteiger partial charge in [-0.1, -0.05) is 6.92 Å². The van der Waals surface area contributed by atoms with Crippen LogP contribution < -0.4 is 5.32 Å². The summed E-state index contributed by atoms with van der Waals surface area (Å²) in [5.74, 6) is 0.195. The predicted octanol–water partition coefficient (Wildman–Crippen LogP) is 0.540. The average Bonchev–Trinajstić information content (AvgIpc) is 2.27. The Kier molecular flexibility index (Phi) is 6.42. The number of carbonyl (C=O) groups excluding carboxylic acids is 1. The molecule has 0 aliphatic carbocycles. The highest BCUT2D eigenvalue weighted by Crippen LogP contribution is 1.99. The van der Waals surface area contributed by atoms with Crippen molar-refractivity contribution in [1.82, 2.24) is 15.1 Å². The molecule has 1 N–H and O–H groups in total. The molecule has 94 valence electrons. The minimum absolute atomic E-state index is 0.195. The normalized spacial score (nSPS) is 18.6. The number of carbonyl (C=O) groups is 1. The molecule has 1 aliphatic rings. The van der Waals surface area contributed by atoms with Crippen LogP contribution in [-0.4, -0.2) is 62.0 Å². The third-order valence-corrected chi connectivity index (χ3v) is 3.05. The smallest absolute Gasteiger partial charge is 0.219 e. The third kappa shape index (κ3) is 5.47. The Labute approximate surface area is 99.0 Å².